The average Bonchev–Trinajstić information content (AvgIpc) is 2.76. The fourth-order valence-corrected chi connectivity index (χ4v) is 3.46. The summed E-state index contributed by atoms with van der Waals surface area (Å²) in [6, 6.07) is 11.5. The predicted molar refractivity (Wildman–Crippen MR) is 119 cm³/mol. The van der Waals surface area contributed by atoms with Crippen molar-refractivity contribution in [2.45, 2.75) is 4.90 Å². The van der Waals surface area contributed by atoms with Gasteiger partial charge < -0.3 is 24.8 Å². The summed E-state index contributed by atoms with van der Waals surface area (Å²) in [6.45, 7) is 0.333. The average molecular weight is 467 g/mol. The molecule has 0 aliphatic rings. The van der Waals surface area contributed by atoms with Gasteiger partial charge in [-0.15, -0.1) is 11.8 Å². The number of ether oxygens (including phenoxy) is 3. The lowest BCUT2D eigenvalue weighted by Gasteiger charge is -2.12. The Morgan fingerprint density at radius 3 is 2.58 bits per heavy atom. The summed E-state index contributed by atoms with van der Waals surface area (Å²) in [6.07, 6.45) is 0. The number of nitrogens with one attached hydrogen (secondary N) is 2. The van der Waals surface area contributed by atoms with Gasteiger partial charge in [0, 0.05) is 23.6 Å². The standard InChI is InChI=1S/C21H23ClN2O6S/c1-28-10-9-23-20(26)13-31-18-6-4-3-5-15(18)21(27)30-12-19(25)24-16-11-14(22)7-8-17(16)29-2/h3-8,11H,9-10,12-13H2,1-2H3,(H,23,26)(H,24,25). The second kappa shape index (κ2) is 12.8. The van der Waals surface area contributed by atoms with E-state index in [-0.39, 0.29) is 17.2 Å². The molecule has 0 radical (unpaired) electrons. The van der Waals surface area contributed by atoms with Crippen molar-refractivity contribution in [3.8, 4) is 5.75 Å². The lowest BCUT2D eigenvalue weighted by Crippen LogP contribution is -2.28. The van der Waals surface area contributed by atoms with E-state index in [1.54, 1.807) is 43.5 Å². The summed E-state index contributed by atoms with van der Waals surface area (Å²) >= 11 is 7.14. The van der Waals surface area contributed by atoms with Crippen molar-refractivity contribution in [3.63, 3.8) is 0 Å². The van der Waals surface area contributed by atoms with Crippen molar-refractivity contribution in [1.82, 2.24) is 5.32 Å². The number of methoxy groups -OCH3 is 2. The fourth-order valence-electron chi connectivity index (χ4n) is 2.42. The third-order valence-electron chi connectivity index (χ3n) is 3.86. The smallest absolute Gasteiger partial charge is 0.339 e. The zero-order chi connectivity index (χ0) is 22.6. The topological polar surface area (TPSA) is 103 Å². The number of thioether (sulfide) groups is 1. The van der Waals surface area contributed by atoms with Gasteiger partial charge in [0.1, 0.15) is 5.75 Å². The molecule has 0 spiro atoms. The van der Waals surface area contributed by atoms with Gasteiger partial charge in [-0.2, -0.15) is 0 Å². The quantitative estimate of drug-likeness (QED) is 0.298. The first-order valence-corrected chi connectivity index (χ1v) is 10.6. The highest BCUT2D eigenvalue weighted by atomic mass is 35.5. The largest absolute Gasteiger partial charge is 0.495 e. The van der Waals surface area contributed by atoms with Crippen molar-refractivity contribution < 1.29 is 28.6 Å². The Morgan fingerprint density at radius 1 is 1.06 bits per heavy atom. The van der Waals surface area contributed by atoms with E-state index in [4.69, 9.17) is 25.8 Å². The first kappa shape index (κ1) is 24.5. The van der Waals surface area contributed by atoms with E-state index >= 15 is 0 Å². The van der Waals surface area contributed by atoms with Crippen LogP contribution in [0.1, 0.15) is 10.4 Å². The fraction of sp³-hybridized carbons (Fsp3) is 0.286. The molecule has 0 aliphatic carbocycles. The number of hydrogen-bond donors (Lipinski definition) is 2. The summed E-state index contributed by atoms with van der Waals surface area (Å²) < 4.78 is 15.2. The molecule has 0 aliphatic heterocycles. The summed E-state index contributed by atoms with van der Waals surface area (Å²) in [5.41, 5.74) is 0.636. The van der Waals surface area contributed by atoms with E-state index in [2.05, 4.69) is 10.6 Å². The number of halogens is 1. The zero-order valence-electron chi connectivity index (χ0n) is 17.1. The zero-order valence-corrected chi connectivity index (χ0v) is 18.7. The van der Waals surface area contributed by atoms with Crippen LogP contribution >= 0.6 is 23.4 Å². The Balaban J connectivity index is 1.91. The van der Waals surface area contributed by atoms with Crippen LogP contribution < -0.4 is 15.4 Å². The van der Waals surface area contributed by atoms with Gasteiger partial charge >= 0.3 is 5.97 Å². The lowest BCUT2D eigenvalue weighted by molar-refractivity contribution is -0.119. The molecule has 2 rings (SSSR count). The van der Waals surface area contributed by atoms with Crippen LogP contribution in [0.3, 0.4) is 0 Å². The molecular formula is C21H23ClN2O6S. The Kier molecular flexibility index (Phi) is 10.2. The molecule has 0 saturated heterocycles. The van der Waals surface area contributed by atoms with Crippen molar-refractivity contribution in [2.75, 3.05) is 45.0 Å². The van der Waals surface area contributed by atoms with Crippen LogP contribution in [-0.4, -0.2) is 57.5 Å². The molecule has 0 bridgehead atoms. The van der Waals surface area contributed by atoms with E-state index in [0.29, 0.717) is 34.5 Å². The number of amides is 2. The molecular weight excluding hydrogens is 444 g/mol. The normalized spacial score (nSPS) is 10.3. The van der Waals surface area contributed by atoms with Crippen molar-refractivity contribution >= 4 is 46.8 Å². The summed E-state index contributed by atoms with van der Waals surface area (Å²) in [5.74, 6) is -0.842. The SMILES string of the molecule is COCCNC(=O)CSc1ccccc1C(=O)OCC(=O)Nc1cc(Cl)ccc1OC. The molecule has 0 atom stereocenters. The lowest BCUT2D eigenvalue weighted by atomic mass is 10.2. The third-order valence-corrected chi connectivity index (χ3v) is 5.17. The van der Waals surface area contributed by atoms with Crippen molar-refractivity contribution in [3.05, 3.63) is 53.1 Å². The predicted octanol–water partition coefficient (Wildman–Crippen LogP) is 3.00. The van der Waals surface area contributed by atoms with Crippen LogP contribution in [0.4, 0.5) is 5.69 Å². The Morgan fingerprint density at radius 2 is 1.84 bits per heavy atom. The summed E-state index contributed by atoms with van der Waals surface area (Å²) in [7, 11) is 3.01. The van der Waals surface area contributed by atoms with Crippen LogP contribution in [-0.2, 0) is 19.1 Å². The van der Waals surface area contributed by atoms with E-state index in [0.717, 1.165) is 0 Å². The Hall–Kier alpha value is -2.75. The Labute approximate surface area is 189 Å². The van der Waals surface area contributed by atoms with E-state index in [1.165, 1.54) is 24.9 Å². The number of hydrogen-bond acceptors (Lipinski definition) is 7. The number of carbonyl (C=O) groups is 3. The number of benzene rings is 2. The maximum atomic E-state index is 12.5. The van der Waals surface area contributed by atoms with Crippen molar-refractivity contribution in [1.29, 1.82) is 0 Å². The molecule has 0 heterocycles. The van der Waals surface area contributed by atoms with E-state index in [9.17, 15) is 14.4 Å². The van der Waals surface area contributed by atoms with Gasteiger partial charge in [0.25, 0.3) is 5.91 Å². The minimum absolute atomic E-state index is 0.128. The van der Waals surface area contributed by atoms with Crippen LogP contribution in [0.25, 0.3) is 0 Å². The maximum Gasteiger partial charge on any atom is 0.339 e. The molecule has 0 fully saturated rings. The van der Waals surface area contributed by atoms with Crippen molar-refractivity contribution in [2.24, 2.45) is 0 Å². The van der Waals surface area contributed by atoms with Gasteiger partial charge in [-0.05, 0) is 30.3 Å². The van der Waals surface area contributed by atoms with Gasteiger partial charge in [0.15, 0.2) is 6.61 Å². The summed E-state index contributed by atoms with van der Waals surface area (Å²) in [5, 5.41) is 5.72. The molecule has 0 unspecified atom stereocenters. The third kappa shape index (κ3) is 8.12. The first-order valence-electron chi connectivity index (χ1n) is 9.22. The molecule has 2 N–H and O–H groups in total. The van der Waals surface area contributed by atoms with Crippen LogP contribution in [0.5, 0.6) is 5.75 Å². The highest BCUT2D eigenvalue weighted by molar-refractivity contribution is 8.00. The maximum absolute atomic E-state index is 12.5. The molecule has 0 saturated carbocycles. The molecule has 166 valence electrons. The molecule has 2 amide bonds. The molecule has 31 heavy (non-hydrogen) atoms. The number of rotatable bonds is 11. The molecule has 0 aromatic heterocycles. The second-order valence-corrected chi connectivity index (χ2v) is 7.55. The highest BCUT2D eigenvalue weighted by Crippen LogP contribution is 2.27. The minimum atomic E-state index is -0.670. The highest BCUT2D eigenvalue weighted by Gasteiger charge is 2.16. The monoisotopic (exact) mass is 466 g/mol. The number of esters is 1. The van der Waals surface area contributed by atoms with Gasteiger partial charge in [-0.25, -0.2) is 4.79 Å². The Bertz CT molecular complexity index is 924. The van der Waals surface area contributed by atoms with Gasteiger partial charge in [0.2, 0.25) is 5.91 Å². The van der Waals surface area contributed by atoms with Crippen LogP contribution in [0, 0.1) is 0 Å². The van der Waals surface area contributed by atoms with E-state index in [1.807, 2.05) is 0 Å². The summed E-state index contributed by atoms with van der Waals surface area (Å²) in [4.78, 5) is 37.1. The molecule has 8 nitrogen and oxygen atoms in total. The van der Waals surface area contributed by atoms with E-state index < -0.39 is 18.5 Å². The molecule has 2 aromatic rings. The minimum Gasteiger partial charge on any atom is -0.495 e. The first-order chi connectivity index (χ1) is 14.9. The van der Waals surface area contributed by atoms with Crippen LogP contribution in [0.15, 0.2) is 47.4 Å². The van der Waals surface area contributed by atoms with Gasteiger partial charge in [0.05, 0.1) is 30.7 Å². The molecule has 10 heteroatoms. The van der Waals surface area contributed by atoms with Gasteiger partial charge in [-0.3, -0.25) is 9.59 Å². The molecule has 2 aromatic carbocycles. The van der Waals surface area contributed by atoms with Crippen LogP contribution in [0.2, 0.25) is 5.02 Å². The van der Waals surface area contributed by atoms with Gasteiger partial charge in [-0.1, -0.05) is 23.7 Å². The number of anilines is 1. The number of carbonyl (C=O) groups excluding carboxylic acids is 3. The second-order valence-electron chi connectivity index (χ2n) is 6.10.